The zero-order valence-electron chi connectivity index (χ0n) is 32.5. The molecule has 0 saturated carbocycles. The Morgan fingerprint density at radius 2 is 0.962 bits per heavy atom. The standard InChI is InChI=1S/C37H51N7O9/c1-34(2,3)50-30(46)41-28(42-31(47)51-35(4,5)6)39-25-19-17-24(18-20-25)38-27(45)23-13-15-26(16-14-23)40-29-43(32(48)52-36(7,8)9)21-22-44(29)33(49)53-37(10,11)12/h13-20H,21-22H2,1-12H3,(H,38,45)(H2,39,41,42,46,47). The number of nitrogens with one attached hydrogen (secondary N) is 3. The molecule has 288 valence electrons. The van der Waals surface area contributed by atoms with E-state index in [0.717, 1.165) is 0 Å². The molecular weight excluding hydrogens is 686 g/mol. The van der Waals surface area contributed by atoms with Gasteiger partial charge in [0.15, 0.2) is 0 Å². The number of amides is 5. The van der Waals surface area contributed by atoms with Crippen LogP contribution in [-0.2, 0) is 18.9 Å². The lowest BCUT2D eigenvalue weighted by molar-refractivity contribution is 0.0371. The predicted octanol–water partition coefficient (Wildman–Crippen LogP) is 7.45. The van der Waals surface area contributed by atoms with Crippen LogP contribution in [0.5, 0.6) is 0 Å². The number of rotatable bonds is 4. The van der Waals surface area contributed by atoms with Crippen LogP contribution >= 0.6 is 0 Å². The first-order chi connectivity index (χ1) is 24.3. The largest absolute Gasteiger partial charge is 0.444 e. The van der Waals surface area contributed by atoms with Gasteiger partial charge in [-0.2, -0.15) is 0 Å². The molecule has 3 rings (SSSR count). The lowest BCUT2D eigenvalue weighted by atomic mass is 10.2. The van der Waals surface area contributed by atoms with Gasteiger partial charge in [-0.3, -0.25) is 15.4 Å². The monoisotopic (exact) mass is 737 g/mol. The number of carbonyl (C=O) groups is 5. The van der Waals surface area contributed by atoms with E-state index < -0.39 is 52.7 Å². The fourth-order valence-corrected chi connectivity index (χ4v) is 4.29. The summed E-state index contributed by atoms with van der Waals surface area (Å²) in [5.74, 6) is -0.611. The van der Waals surface area contributed by atoms with Gasteiger partial charge in [-0.15, -0.1) is 0 Å². The summed E-state index contributed by atoms with van der Waals surface area (Å²) < 4.78 is 21.6. The molecule has 0 spiro atoms. The lowest BCUT2D eigenvalue weighted by Crippen LogP contribution is -2.47. The molecule has 1 aliphatic rings. The normalized spacial score (nSPS) is 13.4. The fraction of sp³-hybridized carbons (Fsp3) is 0.486. The van der Waals surface area contributed by atoms with Crippen LogP contribution in [0.1, 0.15) is 93.4 Å². The Hall–Kier alpha value is -5.67. The molecule has 2 aromatic rings. The van der Waals surface area contributed by atoms with Crippen LogP contribution in [0.4, 0.5) is 36.2 Å². The second kappa shape index (κ2) is 16.3. The molecule has 3 N–H and O–H groups in total. The average molecular weight is 738 g/mol. The van der Waals surface area contributed by atoms with Crippen LogP contribution in [0, 0.1) is 0 Å². The Kier molecular flexibility index (Phi) is 12.9. The number of benzene rings is 2. The van der Waals surface area contributed by atoms with Crippen molar-refractivity contribution >= 4 is 59.3 Å². The van der Waals surface area contributed by atoms with E-state index in [1.54, 1.807) is 132 Å². The summed E-state index contributed by atoms with van der Waals surface area (Å²) in [6.45, 7) is 20.9. The highest BCUT2D eigenvalue weighted by Crippen LogP contribution is 2.23. The van der Waals surface area contributed by atoms with Crippen molar-refractivity contribution < 1.29 is 42.9 Å². The van der Waals surface area contributed by atoms with E-state index in [-0.39, 0.29) is 25.0 Å². The molecule has 0 aliphatic carbocycles. The number of carbonyl (C=O) groups excluding carboxylic acids is 5. The number of alkyl carbamates (subject to hydrolysis) is 2. The topological polar surface area (TPSA) is 190 Å². The molecule has 2 aromatic carbocycles. The van der Waals surface area contributed by atoms with Crippen LogP contribution in [0.15, 0.2) is 58.5 Å². The first kappa shape index (κ1) is 41.7. The van der Waals surface area contributed by atoms with Crippen molar-refractivity contribution in [2.45, 2.75) is 105 Å². The number of anilines is 1. The summed E-state index contributed by atoms with van der Waals surface area (Å²) >= 11 is 0. The minimum Gasteiger partial charge on any atom is -0.444 e. The third kappa shape index (κ3) is 14.5. The van der Waals surface area contributed by atoms with Crippen LogP contribution in [-0.4, -0.2) is 87.5 Å². The Balaban J connectivity index is 1.78. The van der Waals surface area contributed by atoms with Crippen molar-refractivity contribution in [2.75, 3.05) is 18.4 Å². The Bertz CT molecular complexity index is 1660. The van der Waals surface area contributed by atoms with E-state index in [0.29, 0.717) is 22.6 Å². The second-order valence-electron chi connectivity index (χ2n) is 15.9. The van der Waals surface area contributed by atoms with Crippen molar-refractivity contribution in [3.63, 3.8) is 0 Å². The molecule has 0 radical (unpaired) electrons. The average Bonchev–Trinajstić information content (AvgIpc) is 3.38. The third-order valence-corrected chi connectivity index (χ3v) is 6.22. The molecule has 0 aromatic heterocycles. The van der Waals surface area contributed by atoms with E-state index in [1.165, 1.54) is 9.80 Å². The summed E-state index contributed by atoms with van der Waals surface area (Å²) in [7, 11) is 0. The Labute approximate surface area is 310 Å². The van der Waals surface area contributed by atoms with Gasteiger partial charge in [-0.25, -0.2) is 39.0 Å². The molecule has 1 fully saturated rings. The molecule has 1 saturated heterocycles. The zero-order chi connectivity index (χ0) is 39.9. The van der Waals surface area contributed by atoms with Crippen molar-refractivity contribution in [3.05, 3.63) is 54.1 Å². The molecule has 5 amide bonds. The lowest BCUT2D eigenvalue weighted by Gasteiger charge is -2.27. The minimum absolute atomic E-state index is 0.0409. The maximum atomic E-state index is 13.1. The van der Waals surface area contributed by atoms with E-state index in [4.69, 9.17) is 18.9 Å². The van der Waals surface area contributed by atoms with Crippen LogP contribution in [0.25, 0.3) is 0 Å². The highest BCUT2D eigenvalue weighted by Gasteiger charge is 2.39. The number of hydrogen-bond donors (Lipinski definition) is 3. The number of hydrogen-bond acceptors (Lipinski definition) is 11. The van der Waals surface area contributed by atoms with E-state index in [9.17, 15) is 24.0 Å². The van der Waals surface area contributed by atoms with E-state index >= 15 is 0 Å². The summed E-state index contributed by atoms with van der Waals surface area (Å²) in [5.41, 5.74) is -1.68. The van der Waals surface area contributed by atoms with Gasteiger partial charge >= 0.3 is 24.4 Å². The molecule has 0 bridgehead atoms. The first-order valence-electron chi connectivity index (χ1n) is 17.0. The highest BCUT2D eigenvalue weighted by molar-refractivity contribution is 6.06. The summed E-state index contributed by atoms with van der Waals surface area (Å²) in [6.07, 6.45) is -3.00. The third-order valence-electron chi connectivity index (χ3n) is 6.22. The number of aliphatic imine (C=N–C) groups is 2. The molecule has 1 aliphatic heterocycles. The van der Waals surface area contributed by atoms with Gasteiger partial charge in [0, 0.05) is 11.3 Å². The summed E-state index contributed by atoms with van der Waals surface area (Å²) in [5, 5.41) is 7.62. The van der Waals surface area contributed by atoms with Gasteiger partial charge in [-0.05, 0) is 132 Å². The molecular formula is C37H51N7O9. The molecule has 0 unspecified atom stereocenters. The Morgan fingerprint density at radius 3 is 1.36 bits per heavy atom. The van der Waals surface area contributed by atoms with Crippen LogP contribution in [0.3, 0.4) is 0 Å². The van der Waals surface area contributed by atoms with Crippen LogP contribution in [0.2, 0.25) is 0 Å². The molecule has 16 heteroatoms. The molecule has 53 heavy (non-hydrogen) atoms. The van der Waals surface area contributed by atoms with Gasteiger partial charge in [0.05, 0.1) is 24.5 Å². The van der Waals surface area contributed by atoms with Gasteiger partial charge < -0.3 is 24.3 Å². The zero-order valence-corrected chi connectivity index (χ0v) is 32.5. The SMILES string of the molecule is CC(C)(C)OC(=O)NC(=Nc1ccc(NC(=O)c2ccc(N=C3N(C(=O)OC(C)(C)C)CCN3C(=O)OC(C)(C)C)cc2)cc1)NC(=O)OC(C)(C)C. The quantitative estimate of drug-likeness (QED) is 0.163. The van der Waals surface area contributed by atoms with Crippen molar-refractivity contribution in [3.8, 4) is 0 Å². The number of guanidine groups is 2. The smallest absolute Gasteiger partial charge is 0.417 e. The molecule has 0 atom stereocenters. The van der Waals surface area contributed by atoms with Gasteiger partial charge in [-0.1, -0.05) is 0 Å². The van der Waals surface area contributed by atoms with Crippen molar-refractivity contribution in [1.82, 2.24) is 20.4 Å². The summed E-state index contributed by atoms with van der Waals surface area (Å²) in [4.78, 5) is 75.4. The minimum atomic E-state index is -0.836. The predicted molar refractivity (Wildman–Crippen MR) is 200 cm³/mol. The van der Waals surface area contributed by atoms with Gasteiger partial charge in [0.25, 0.3) is 5.91 Å². The van der Waals surface area contributed by atoms with Crippen molar-refractivity contribution in [1.29, 1.82) is 0 Å². The first-order valence-corrected chi connectivity index (χ1v) is 17.0. The maximum absolute atomic E-state index is 13.1. The summed E-state index contributed by atoms with van der Waals surface area (Å²) in [6, 6.07) is 12.6. The highest BCUT2D eigenvalue weighted by atomic mass is 16.6. The fourth-order valence-electron chi connectivity index (χ4n) is 4.29. The van der Waals surface area contributed by atoms with Crippen LogP contribution < -0.4 is 16.0 Å². The van der Waals surface area contributed by atoms with Gasteiger partial charge in [0.2, 0.25) is 11.9 Å². The van der Waals surface area contributed by atoms with Gasteiger partial charge in [0.1, 0.15) is 22.4 Å². The van der Waals surface area contributed by atoms with E-state index in [2.05, 4.69) is 25.9 Å². The number of nitrogens with zero attached hydrogens (tertiary/aromatic N) is 4. The maximum Gasteiger partial charge on any atom is 0.417 e. The Morgan fingerprint density at radius 1 is 0.566 bits per heavy atom. The van der Waals surface area contributed by atoms with E-state index in [1.807, 2.05) is 0 Å². The molecule has 16 nitrogen and oxygen atoms in total. The molecule has 1 heterocycles. The second-order valence-corrected chi connectivity index (χ2v) is 15.9. The number of ether oxygens (including phenoxy) is 4. The van der Waals surface area contributed by atoms with Crippen molar-refractivity contribution in [2.24, 2.45) is 9.98 Å².